The second kappa shape index (κ2) is 11.6. The van der Waals surface area contributed by atoms with Gasteiger partial charge in [0.2, 0.25) is 5.91 Å². The number of carbonyl (C=O) groups is 2. The molecule has 0 bridgehead atoms. The molecule has 202 valence electrons. The smallest absolute Gasteiger partial charge is 0.251 e. The van der Waals surface area contributed by atoms with Gasteiger partial charge < -0.3 is 16.4 Å². The first kappa shape index (κ1) is 27.7. The fourth-order valence-corrected chi connectivity index (χ4v) is 6.21. The standard InChI is InChI=1S/C29H36FN5O2S/c1-17(2)25-20(28(31)36)8-9-22(26(25)18(3)4)35(23-7-5-6-21(27(23)30)29(32)37)19-10-13-34(14-11-19)16-24-33-12-15-38-24/h5-9,12,15,17-19H,10-11,13-14,16H2,1-4H3,(H2,31,36)(H2,32,37). The lowest BCUT2D eigenvalue weighted by Gasteiger charge is -2.41. The average Bonchev–Trinajstić information content (AvgIpc) is 3.38. The van der Waals surface area contributed by atoms with Crippen molar-refractivity contribution in [2.75, 3.05) is 18.0 Å². The molecule has 0 atom stereocenters. The first-order valence-electron chi connectivity index (χ1n) is 13.0. The van der Waals surface area contributed by atoms with E-state index in [1.54, 1.807) is 29.5 Å². The quantitative estimate of drug-likeness (QED) is 0.373. The summed E-state index contributed by atoms with van der Waals surface area (Å²) in [5, 5.41) is 3.06. The SMILES string of the molecule is CC(C)c1c(C(N)=O)ccc(N(c2cccc(C(N)=O)c2F)C2CCN(Cc3nccs3)CC2)c1C(C)C. The lowest BCUT2D eigenvalue weighted by molar-refractivity contribution is 0.0989. The molecule has 9 heteroatoms. The summed E-state index contributed by atoms with van der Waals surface area (Å²) in [6, 6.07) is 8.37. The van der Waals surface area contributed by atoms with E-state index < -0.39 is 17.6 Å². The number of primary amides is 2. The van der Waals surface area contributed by atoms with Crippen LogP contribution in [0.2, 0.25) is 0 Å². The molecular formula is C29H36FN5O2S. The fraction of sp³-hybridized carbons (Fsp3) is 0.414. The minimum absolute atomic E-state index is 0.0265. The van der Waals surface area contributed by atoms with Crippen molar-refractivity contribution in [3.8, 4) is 0 Å². The van der Waals surface area contributed by atoms with Crippen molar-refractivity contribution in [1.29, 1.82) is 0 Å². The molecule has 1 aliphatic heterocycles. The van der Waals surface area contributed by atoms with Gasteiger partial charge in [-0.05, 0) is 60.1 Å². The zero-order valence-corrected chi connectivity index (χ0v) is 23.2. The van der Waals surface area contributed by atoms with Gasteiger partial charge in [-0.2, -0.15) is 0 Å². The number of hydrogen-bond acceptors (Lipinski definition) is 6. The van der Waals surface area contributed by atoms with Crippen LogP contribution in [0.25, 0.3) is 0 Å². The molecule has 4 N–H and O–H groups in total. The molecule has 1 saturated heterocycles. The van der Waals surface area contributed by atoms with Crippen LogP contribution in [0.4, 0.5) is 15.8 Å². The van der Waals surface area contributed by atoms with Gasteiger partial charge in [0.25, 0.3) is 5.91 Å². The molecule has 2 aromatic carbocycles. The molecule has 0 spiro atoms. The Balaban J connectivity index is 1.84. The van der Waals surface area contributed by atoms with Crippen LogP contribution >= 0.6 is 11.3 Å². The summed E-state index contributed by atoms with van der Waals surface area (Å²) < 4.78 is 15.9. The number of aromatic nitrogens is 1. The van der Waals surface area contributed by atoms with E-state index in [4.69, 9.17) is 11.5 Å². The van der Waals surface area contributed by atoms with Crippen LogP contribution in [0.3, 0.4) is 0 Å². The van der Waals surface area contributed by atoms with E-state index in [9.17, 15) is 9.59 Å². The fourth-order valence-electron chi connectivity index (χ4n) is 5.56. The summed E-state index contributed by atoms with van der Waals surface area (Å²) in [5.41, 5.74) is 14.6. The van der Waals surface area contributed by atoms with Crippen molar-refractivity contribution in [3.63, 3.8) is 0 Å². The number of amides is 2. The zero-order valence-electron chi connectivity index (χ0n) is 22.4. The predicted molar refractivity (Wildman–Crippen MR) is 151 cm³/mol. The van der Waals surface area contributed by atoms with Crippen LogP contribution in [0.15, 0.2) is 41.9 Å². The summed E-state index contributed by atoms with van der Waals surface area (Å²) in [5.74, 6) is -1.86. The molecule has 0 unspecified atom stereocenters. The highest BCUT2D eigenvalue weighted by Crippen LogP contribution is 2.43. The lowest BCUT2D eigenvalue weighted by atomic mass is 9.84. The van der Waals surface area contributed by atoms with E-state index in [-0.39, 0.29) is 23.4 Å². The molecule has 2 amide bonds. The first-order valence-corrected chi connectivity index (χ1v) is 13.9. The van der Waals surface area contributed by atoms with Crippen LogP contribution in [0, 0.1) is 5.82 Å². The number of thiazole rings is 1. The Morgan fingerprint density at radius 1 is 1.00 bits per heavy atom. The van der Waals surface area contributed by atoms with Gasteiger partial charge in [-0.25, -0.2) is 9.37 Å². The molecule has 1 fully saturated rings. The molecule has 1 aromatic heterocycles. The Labute approximate surface area is 227 Å². The van der Waals surface area contributed by atoms with E-state index in [1.807, 2.05) is 36.4 Å². The van der Waals surface area contributed by atoms with E-state index >= 15 is 4.39 Å². The van der Waals surface area contributed by atoms with E-state index in [0.717, 1.165) is 54.3 Å². The normalized spacial score (nSPS) is 14.8. The van der Waals surface area contributed by atoms with Gasteiger partial charge in [-0.15, -0.1) is 11.3 Å². The van der Waals surface area contributed by atoms with Gasteiger partial charge >= 0.3 is 0 Å². The van der Waals surface area contributed by atoms with Crippen LogP contribution in [0.1, 0.15) is 89.2 Å². The number of piperidine rings is 1. The number of halogens is 1. The summed E-state index contributed by atoms with van der Waals surface area (Å²) in [6.07, 6.45) is 3.40. The molecule has 2 heterocycles. The zero-order chi connectivity index (χ0) is 27.6. The Morgan fingerprint density at radius 2 is 1.66 bits per heavy atom. The van der Waals surface area contributed by atoms with Crippen molar-refractivity contribution < 1.29 is 14.0 Å². The van der Waals surface area contributed by atoms with Crippen molar-refractivity contribution >= 4 is 34.5 Å². The van der Waals surface area contributed by atoms with Gasteiger partial charge in [0, 0.05) is 42.0 Å². The third-order valence-corrected chi connectivity index (χ3v) is 7.98. The molecule has 0 radical (unpaired) electrons. The summed E-state index contributed by atoms with van der Waals surface area (Å²) >= 11 is 1.64. The molecule has 4 rings (SSSR count). The molecule has 1 aliphatic rings. The Morgan fingerprint density at radius 3 is 2.21 bits per heavy atom. The van der Waals surface area contributed by atoms with Gasteiger partial charge in [0.15, 0.2) is 5.82 Å². The van der Waals surface area contributed by atoms with Crippen LogP contribution in [-0.2, 0) is 6.54 Å². The number of anilines is 2. The molecule has 38 heavy (non-hydrogen) atoms. The van der Waals surface area contributed by atoms with Crippen LogP contribution in [0.5, 0.6) is 0 Å². The predicted octanol–water partition coefficient (Wildman–Crippen LogP) is 5.53. The van der Waals surface area contributed by atoms with E-state index in [1.165, 1.54) is 6.07 Å². The summed E-state index contributed by atoms with van der Waals surface area (Å²) in [4.78, 5) is 33.2. The Bertz CT molecular complexity index is 1300. The maximum atomic E-state index is 15.9. The van der Waals surface area contributed by atoms with Crippen molar-refractivity contribution in [2.24, 2.45) is 11.5 Å². The number of nitrogens with zero attached hydrogens (tertiary/aromatic N) is 3. The van der Waals surface area contributed by atoms with Crippen LogP contribution in [-0.4, -0.2) is 40.8 Å². The number of benzene rings is 2. The van der Waals surface area contributed by atoms with Gasteiger partial charge in [0.1, 0.15) is 5.01 Å². The molecular weight excluding hydrogens is 501 g/mol. The molecule has 3 aromatic rings. The largest absolute Gasteiger partial charge is 0.366 e. The molecule has 7 nitrogen and oxygen atoms in total. The summed E-state index contributed by atoms with van der Waals surface area (Å²) in [7, 11) is 0. The van der Waals surface area contributed by atoms with E-state index in [0.29, 0.717) is 11.3 Å². The van der Waals surface area contributed by atoms with Gasteiger partial charge in [0.05, 0.1) is 17.8 Å². The highest BCUT2D eigenvalue weighted by atomic mass is 32.1. The highest BCUT2D eigenvalue weighted by Gasteiger charge is 2.32. The first-order chi connectivity index (χ1) is 18.1. The third-order valence-electron chi connectivity index (χ3n) is 7.21. The van der Waals surface area contributed by atoms with Gasteiger partial charge in [-0.3, -0.25) is 14.5 Å². The topological polar surface area (TPSA) is 106 Å². The monoisotopic (exact) mass is 537 g/mol. The van der Waals surface area contributed by atoms with Gasteiger partial charge in [-0.1, -0.05) is 33.8 Å². The minimum atomic E-state index is -0.807. The van der Waals surface area contributed by atoms with Crippen molar-refractivity contribution in [3.05, 3.63) is 75.0 Å². The maximum Gasteiger partial charge on any atom is 0.251 e. The number of nitrogens with two attached hydrogens (primary N) is 2. The second-order valence-corrected chi connectivity index (χ2v) is 11.4. The Hall–Kier alpha value is -3.30. The second-order valence-electron chi connectivity index (χ2n) is 10.4. The van der Waals surface area contributed by atoms with E-state index in [2.05, 4.69) is 23.7 Å². The maximum absolute atomic E-state index is 15.9. The van der Waals surface area contributed by atoms with Crippen molar-refractivity contribution in [1.82, 2.24) is 9.88 Å². The number of rotatable bonds is 9. The minimum Gasteiger partial charge on any atom is -0.366 e. The number of carbonyl (C=O) groups excluding carboxylic acids is 2. The number of likely N-dealkylation sites (tertiary alicyclic amines) is 1. The molecule has 0 aliphatic carbocycles. The number of hydrogen-bond donors (Lipinski definition) is 2. The van der Waals surface area contributed by atoms with Crippen LogP contribution < -0.4 is 16.4 Å². The average molecular weight is 538 g/mol. The van der Waals surface area contributed by atoms with Crippen molar-refractivity contribution in [2.45, 2.75) is 65.0 Å². The third kappa shape index (κ3) is 5.59. The Kier molecular flexibility index (Phi) is 8.47. The lowest BCUT2D eigenvalue weighted by Crippen LogP contribution is -2.43. The molecule has 0 saturated carbocycles. The summed E-state index contributed by atoms with van der Waals surface area (Å²) in [6.45, 7) is 10.6. The highest BCUT2D eigenvalue weighted by molar-refractivity contribution is 7.09.